The molecule has 0 bridgehead atoms. The summed E-state index contributed by atoms with van der Waals surface area (Å²) in [5, 5.41) is 0. The summed E-state index contributed by atoms with van der Waals surface area (Å²) in [5.74, 6) is 0.587. The quantitative estimate of drug-likeness (QED) is 0.533. The van der Waals surface area contributed by atoms with Gasteiger partial charge in [0, 0.05) is 21.7 Å². The Morgan fingerprint density at radius 3 is 1.56 bits per heavy atom. The SMILES string of the molecule is CCCCCCCCCCCCS(C)(=N)=O. The van der Waals surface area contributed by atoms with E-state index < -0.39 is 9.73 Å². The summed E-state index contributed by atoms with van der Waals surface area (Å²) < 4.78 is 18.4. The van der Waals surface area contributed by atoms with Crippen molar-refractivity contribution in [2.75, 3.05) is 12.0 Å². The molecule has 0 aliphatic heterocycles. The zero-order valence-electron chi connectivity index (χ0n) is 11.1. The summed E-state index contributed by atoms with van der Waals surface area (Å²) in [4.78, 5) is 0. The minimum Gasteiger partial charge on any atom is -0.253 e. The molecule has 16 heavy (non-hydrogen) atoms. The molecule has 0 aliphatic carbocycles. The van der Waals surface area contributed by atoms with Gasteiger partial charge in [0.05, 0.1) is 0 Å². The lowest BCUT2D eigenvalue weighted by atomic mass is 10.1. The van der Waals surface area contributed by atoms with Gasteiger partial charge in [-0.15, -0.1) is 0 Å². The van der Waals surface area contributed by atoms with Gasteiger partial charge in [0.2, 0.25) is 0 Å². The molecule has 0 saturated carbocycles. The average molecular weight is 247 g/mol. The van der Waals surface area contributed by atoms with Crippen molar-refractivity contribution in [3.05, 3.63) is 0 Å². The molecular weight excluding hydrogens is 218 g/mol. The van der Waals surface area contributed by atoms with Gasteiger partial charge in [-0.1, -0.05) is 64.7 Å². The highest BCUT2D eigenvalue weighted by molar-refractivity contribution is 7.91. The molecule has 98 valence electrons. The molecule has 0 fully saturated rings. The fourth-order valence-corrected chi connectivity index (χ4v) is 2.62. The minimum absolute atomic E-state index is 0.587. The Morgan fingerprint density at radius 2 is 1.19 bits per heavy atom. The van der Waals surface area contributed by atoms with E-state index in [2.05, 4.69) is 6.92 Å². The fraction of sp³-hybridized carbons (Fsp3) is 1.00. The third kappa shape index (κ3) is 13.9. The summed E-state index contributed by atoms with van der Waals surface area (Å²) in [7, 11) is -2.23. The predicted octanol–water partition coefficient (Wildman–Crippen LogP) is 4.58. The summed E-state index contributed by atoms with van der Waals surface area (Å²) in [6.45, 7) is 2.25. The maximum absolute atomic E-state index is 11.1. The molecule has 0 aromatic rings. The van der Waals surface area contributed by atoms with Crippen LogP contribution in [0.5, 0.6) is 0 Å². The van der Waals surface area contributed by atoms with Crippen LogP contribution in [0, 0.1) is 4.78 Å². The van der Waals surface area contributed by atoms with Gasteiger partial charge in [0.1, 0.15) is 0 Å². The van der Waals surface area contributed by atoms with Crippen LogP contribution in [-0.2, 0) is 9.73 Å². The fourth-order valence-electron chi connectivity index (χ4n) is 1.86. The Bertz CT molecular complexity index is 234. The van der Waals surface area contributed by atoms with Crippen molar-refractivity contribution in [1.29, 1.82) is 4.78 Å². The third-order valence-corrected chi connectivity index (χ3v) is 3.96. The van der Waals surface area contributed by atoms with Crippen LogP contribution in [0.4, 0.5) is 0 Å². The van der Waals surface area contributed by atoms with Crippen molar-refractivity contribution < 1.29 is 4.21 Å². The average Bonchev–Trinajstić information content (AvgIpc) is 2.19. The number of hydrogen-bond donors (Lipinski definition) is 1. The lowest BCUT2D eigenvalue weighted by Gasteiger charge is -2.02. The predicted molar refractivity (Wildman–Crippen MR) is 73.5 cm³/mol. The molecular formula is C13H29NOS. The summed E-state index contributed by atoms with van der Waals surface area (Å²) in [6.07, 6.45) is 14.5. The normalized spacial score (nSPS) is 14.9. The van der Waals surface area contributed by atoms with Gasteiger partial charge in [-0.3, -0.25) is 8.99 Å². The van der Waals surface area contributed by atoms with Gasteiger partial charge >= 0.3 is 0 Å². The molecule has 3 heteroatoms. The largest absolute Gasteiger partial charge is 0.253 e. The molecule has 0 amide bonds. The maximum Gasteiger partial charge on any atom is 0.0412 e. The van der Waals surface area contributed by atoms with E-state index in [4.69, 9.17) is 4.78 Å². The van der Waals surface area contributed by atoms with Gasteiger partial charge in [-0.2, -0.15) is 0 Å². The molecule has 0 rings (SSSR count). The molecule has 1 N–H and O–H groups in total. The summed E-state index contributed by atoms with van der Waals surface area (Å²) >= 11 is 0. The number of hydrogen-bond acceptors (Lipinski definition) is 2. The second-order valence-corrected chi connectivity index (χ2v) is 7.31. The second kappa shape index (κ2) is 10.1. The smallest absolute Gasteiger partial charge is 0.0412 e. The van der Waals surface area contributed by atoms with Gasteiger partial charge < -0.3 is 0 Å². The first-order valence-corrected chi connectivity index (χ1v) is 8.91. The van der Waals surface area contributed by atoms with Crippen LogP contribution in [0.2, 0.25) is 0 Å². The van der Waals surface area contributed by atoms with Crippen LogP contribution in [0.25, 0.3) is 0 Å². The zero-order chi connectivity index (χ0) is 12.3. The first-order valence-electron chi connectivity index (χ1n) is 6.77. The first-order chi connectivity index (χ1) is 7.56. The van der Waals surface area contributed by atoms with Crippen molar-refractivity contribution >= 4 is 9.73 Å². The molecule has 0 aromatic heterocycles. The van der Waals surface area contributed by atoms with Crippen molar-refractivity contribution in [2.45, 2.75) is 71.1 Å². The summed E-state index contributed by atoms with van der Waals surface area (Å²) in [5.41, 5.74) is 0. The molecule has 1 atom stereocenters. The van der Waals surface area contributed by atoms with Crippen molar-refractivity contribution in [3.8, 4) is 0 Å². The van der Waals surface area contributed by atoms with Gasteiger partial charge in [0.15, 0.2) is 0 Å². The first kappa shape index (κ1) is 16.0. The Kier molecular flexibility index (Phi) is 10.1. The highest BCUT2D eigenvalue weighted by atomic mass is 32.2. The maximum atomic E-state index is 11.1. The topological polar surface area (TPSA) is 40.9 Å². The van der Waals surface area contributed by atoms with Gasteiger partial charge in [0.25, 0.3) is 0 Å². The Hall–Kier alpha value is -0.0500. The van der Waals surface area contributed by atoms with E-state index in [1.165, 1.54) is 51.4 Å². The highest BCUT2D eigenvalue weighted by Gasteiger charge is 1.97. The van der Waals surface area contributed by atoms with E-state index in [-0.39, 0.29) is 0 Å². The van der Waals surface area contributed by atoms with Crippen molar-refractivity contribution in [1.82, 2.24) is 0 Å². The van der Waals surface area contributed by atoms with E-state index in [9.17, 15) is 4.21 Å². The molecule has 0 aromatic carbocycles. The minimum atomic E-state index is -2.23. The Balaban J connectivity index is 3.05. The molecule has 0 aliphatic rings. The van der Waals surface area contributed by atoms with Crippen molar-refractivity contribution in [3.63, 3.8) is 0 Å². The monoisotopic (exact) mass is 247 g/mol. The van der Waals surface area contributed by atoms with E-state index in [0.29, 0.717) is 5.75 Å². The molecule has 2 nitrogen and oxygen atoms in total. The Labute approximate surface area is 102 Å². The van der Waals surface area contributed by atoms with E-state index in [0.717, 1.165) is 12.8 Å². The molecule has 0 radical (unpaired) electrons. The van der Waals surface area contributed by atoms with Crippen LogP contribution in [-0.4, -0.2) is 16.2 Å². The molecule has 0 spiro atoms. The zero-order valence-corrected chi connectivity index (χ0v) is 11.9. The van der Waals surface area contributed by atoms with Gasteiger partial charge in [-0.25, -0.2) is 0 Å². The van der Waals surface area contributed by atoms with Crippen LogP contribution < -0.4 is 0 Å². The van der Waals surface area contributed by atoms with Crippen molar-refractivity contribution in [2.24, 2.45) is 0 Å². The standard InChI is InChI=1S/C13H29NOS/c1-3-4-5-6-7-8-9-10-11-12-13-16(2,14)15/h14H,3-13H2,1-2H3. The lowest BCUT2D eigenvalue weighted by molar-refractivity contribution is 0.562. The Morgan fingerprint density at radius 1 is 0.812 bits per heavy atom. The van der Waals surface area contributed by atoms with Crippen LogP contribution in [0.15, 0.2) is 0 Å². The molecule has 1 unspecified atom stereocenters. The van der Waals surface area contributed by atoms with E-state index >= 15 is 0 Å². The van der Waals surface area contributed by atoms with Crippen LogP contribution >= 0.6 is 0 Å². The van der Waals surface area contributed by atoms with E-state index in [1.807, 2.05) is 0 Å². The lowest BCUT2D eigenvalue weighted by Crippen LogP contribution is -2.00. The third-order valence-electron chi connectivity index (χ3n) is 2.89. The van der Waals surface area contributed by atoms with Crippen LogP contribution in [0.3, 0.4) is 0 Å². The highest BCUT2D eigenvalue weighted by Crippen LogP contribution is 2.10. The number of unbranched alkanes of at least 4 members (excludes halogenated alkanes) is 9. The molecule has 0 heterocycles. The second-order valence-electron chi connectivity index (χ2n) is 4.89. The number of rotatable bonds is 11. The van der Waals surface area contributed by atoms with E-state index in [1.54, 1.807) is 6.26 Å². The number of nitrogens with one attached hydrogen (secondary N) is 1. The van der Waals surface area contributed by atoms with Gasteiger partial charge in [-0.05, 0) is 6.42 Å². The van der Waals surface area contributed by atoms with Crippen LogP contribution in [0.1, 0.15) is 71.1 Å². The summed E-state index contributed by atoms with van der Waals surface area (Å²) in [6, 6.07) is 0. The molecule has 0 saturated heterocycles.